The van der Waals surface area contributed by atoms with Gasteiger partial charge in [0.15, 0.2) is 8.32 Å². The lowest BCUT2D eigenvalue weighted by molar-refractivity contribution is -0.171. The molecular weight excluding hydrogens is 407 g/mol. The van der Waals surface area contributed by atoms with Crippen molar-refractivity contribution in [3.05, 3.63) is 35.9 Å². The van der Waals surface area contributed by atoms with Crippen molar-refractivity contribution in [1.29, 1.82) is 0 Å². The van der Waals surface area contributed by atoms with E-state index in [1.54, 1.807) is 0 Å². The van der Waals surface area contributed by atoms with Crippen LogP contribution in [-0.4, -0.2) is 32.7 Å². The molecule has 1 aliphatic carbocycles. The van der Waals surface area contributed by atoms with E-state index in [1.807, 2.05) is 18.2 Å². The number of halogens is 1. The minimum atomic E-state index is -2.16. The van der Waals surface area contributed by atoms with Crippen molar-refractivity contribution in [2.24, 2.45) is 11.8 Å². The van der Waals surface area contributed by atoms with Gasteiger partial charge >= 0.3 is 5.97 Å². The lowest BCUT2D eigenvalue weighted by Crippen LogP contribution is -2.49. The highest BCUT2D eigenvalue weighted by Crippen LogP contribution is 2.44. The van der Waals surface area contributed by atoms with E-state index in [2.05, 4.69) is 66.8 Å². The molecule has 1 aromatic rings. The summed E-state index contributed by atoms with van der Waals surface area (Å²) in [5.74, 6) is -0.193. The lowest BCUT2D eigenvalue weighted by Gasteiger charge is -2.44. The van der Waals surface area contributed by atoms with Crippen molar-refractivity contribution in [3.8, 4) is 0 Å². The molecule has 0 aromatic heterocycles. The highest BCUT2D eigenvalue weighted by atomic mass is 28.4. The van der Waals surface area contributed by atoms with Crippen LogP contribution in [0, 0.1) is 11.8 Å². The summed E-state index contributed by atoms with van der Waals surface area (Å²) in [5, 5.41) is -0.0450. The average Bonchev–Trinajstić information content (AvgIpc) is 2.66. The van der Waals surface area contributed by atoms with Crippen LogP contribution in [0.4, 0.5) is 4.39 Å². The second-order valence-corrected chi connectivity index (χ2v) is 16.6. The van der Waals surface area contributed by atoms with Gasteiger partial charge in [-0.15, -0.1) is 0 Å². The van der Waals surface area contributed by atoms with Crippen LogP contribution in [0.3, 0.4) is 0 Å². The summed E-state index contributed by atoms with van der Waals surface area (Å²) in [4.78, 5) is 13.0. The highest BCUT2D eigenvalue weighted by Gasteiger charge is 2.46. The minimum Gasteiger partial charge on any atom is -0.460 e. The van der Waals surface area contributed by atoms with Gasteiger partial charge in [-0.1, -0.05) is 78.3 Å². The van der Waals surface area contributed by atoms with Gasteiger partial charge in [-0.3, -0.25) is 0 Å². The summed E-state index contributed by atoms with van der Waals surface area (Å²) < 4.78 is 27.4. The molecular formula is C26H43FO3Si. The Morgan fingerprint density at radius 3 is 2.19 bits per heavy atom. The van der Waals surface area contributed by atoms with Gasteiger partial charge in [0, 0.05) is 5.92 Å². The van der Waals surface area contributed by atoms with Crippen LogP contribution < -0.4 is 0 Å². The van der Waals surface area contributed by atoms with Crippen LogP contribution >= 0.6 is 0 Å². The van der Waals surface area contributed by atoms with E-state index in [9.17, 15) is 4.79 Å². The van der Waals surface area contributed by atoms with E-state index in [0.29, 0.717) is 5.92 Å². The SMILES string of the molecule is C[C@@H]1CC[C@@H](C(C)(C)c2ccccc2)[C@H](OC(=O)[C@@](C)(F)CO[Si](C)(C)C(C)(C)C)C1. The fraction of sp³-hybridized carbons (Fsp3) is 0.731. The molecule has 0 saturated heterocycles. The van der Waals surface area contributed by atoms with Crippen LogP contribution in [0.15, 0.2) is 30.3 Å². The molecule has 0 bridgehead atoms. The molecule has 176 valence electrons. The average molecular weight is 451 g/mol. The molecule has 0 radical (unpaired) electrons. The molecule has 2 rings (SSSR count). The molecule has 0 heterocycles. The summed E-state index contributed by atoms with van der Waals surface area (Å²) in [6.45, 7) is 18.1. The summed E-state index contributed by atoms with van der Waals surface area (Å²) in [7, 11) is -2.16. The molecule has 31 heavy (non-hydrogen) atoms. The molecule has 0 aliphatic heterocycles. The number of hydrogen-bond acceptors (Lipinski definition) is 3. The van der Waals surface area contributed by atoms with Crippen molar-refractivity contribution < 1.29 is 18.3 Å². The predicted octanol–water partition coefficient (Wildman–Crippen LogP) is 7.06. The Morgan fingerprint density at radius 1 is 1.06 bits per heavy atom. The molecule has 1 aliphatic rings. The number of benzene rings is 1. The normalized spacial score (nSPS) is 25.0. The second kappa shape index (κ2) is 9.34. The zero-order valence-corrected chi connectivity index (χ0v) is 22.0. The zero-order chi connectivity index (χ0) is 23.7. The van der Waals surface area contributed by atoms with E-state index in [0.717, 1.165) is 19.3 Å². The smallest absolute Gasteiger partial charge is 0.346 e. The third-order valence-corrected chi connectivity index (χ3v) is 12.2. The molecule has 0 spiro atoms. The van der Waals surface area contributed by atoms with Crippen LogP contribution in [0.1, 0.15) is 73.3 Å². The van der Waals surface area contributed by atoms with E-state index in [1.165, 1.54) is 12.5 Å². The number of ether oxygens (including phenoxy) is 1. The largest absolute Gasteiger partial charge is 0.460 e. The molecule has 5 heteroatoms. The van der Waals surface area contributed by atoms with Gasteiger partial charge in [0.1, 0.15) is 6.10 Å². The molecule has 1 fully saturated rings. The van der Waals surface area contributed by atoms with Gasteiger partial charge in [-0.25, -0.2) is 9.18 Å². The van der Waals surface area contributed by atoms with Gasteiger partial charge in [-0.2, -0.15) is 0 Å². The first-order chi connectivity index (χ1) is 14.1. The lowest BCUT2D eigenvalue weighted by atomic mass is 9.64. The van der Waals surface area contributed by atoms with Crippen LogP contribution in [0.25, 0.3) is 0 Å². The van der Waals surface area contributed by atoms with E-state index < -0.39 is 20.0 Å². The monoisotopic (exact) mass is 450 g/mol. The number of hydrogen-bond donors (Lipinski definition) is 0. The molecule has 0 amide bonds. The van der Waals surface area contributed by atoms with Crippen molar-refractivity contribution in [1.82, 2.24) is 0 Å². The summed E-state index contributed by atoms with van der Waals surface area (Å²) >= 11 is 0. The molecule has 0 N–H and O–H groups in total. The molecule has 0 unspecified atom stereocenters. The van der Waals surface area contributed by atoms with Gasteiger partial charge in [0.25, 0.3) is 0 Å². The Balaban J connectivity index is 2.16. The van der Waals surface area contributed by atoms with E-state index in [4.69, 9.17) is 9.16 Å². The second-order valence-electron chi connectivity index (χ2n) is 11.8. The van der Waals surface area contributed by atoms with E-state index in [-0.39, 0.29) is 29.1 Å². The fourth-order valence-corrected chi connectivity index (χ4v) is 5.28. The van der Waals surface area contributed by atoms with Crippen molar-refractivity contribution in [2.45, 2.75) is 103 Å². The minimum absolute atomic E-state index is 0.0450. The quantitative estimate of drug-likeness (QED) is 0.329. The van der Waals surface area contributed by atoms with Crippen LogP contribution in [0.5, 0.6) is 0 Å². The topological polar surface area (TPSA) is 35.5 Å². The van der Waals surface area contributed by atoms with Gasteiger partial charge < -0.3 is 9.16 Å². The number of alkyl halides is 1. The number of carbonyl (C=O) groups is 1. The Labute approximate surface area is 190 Å². The summed E-state index contributed by atoms with van der Waals surface area (Å²) in [6, 6.07) is 10.4. The van der Waals surface area contributed by atoms with Gasteiger partial charge in [0.05, 0.1) is 6.61 Å². The Morgan fingerprint density at radius 2 is 1.65 bits per heavy atom. The third kappa shape index (κ3) is 6.19. The van der Waals surface area contributed by atoms with Crippen molar-refractivity contribution in [3.63, 3.8) is 0 Å². The zero-order valence-electron chi connectivity index (χ0n) is 21.0. The Kier molecular flexibility index (Phi) is 7.85. The first kappa shape index (κ1) is 26.1. The fourth-order valence-electron chi connectivity index (χ4n) is 4.22. The number of carbonyl (C=O) groups excluding carboxylic acids is 1. The summed E-state index contributed by atoms with van der Waals surface area (Å²) in [5.41, 5.74) is -1.10. The third-order valence-electron chi connectivity index (χ3n) is 7.69. The van der Waals surface area contributed by atoms with Crippen molar-refractivity contribution >= 4 is 14.3 Å². The van der Waals surface area contributed by atoms with Gasteiger partial charge in [-0.05, 0) is 54.8 Å². The number of esters is 1. The highest BCUT2D eigenvalue weighted by molar-refractivity contribution is 6.74. The molecule has 1 aromatic carbocycles. The maximum Gasteiger partial charge on any atom is 0.346 e. The number of rotatable bonds is 7. The van der Waals surface area contributed by atoms with Crippen molar-refractivity contribution in [2.75, 3.05) is 6.61 Å². The maximum absolute atomic E-state index is 15.4. The van der Waals surface area contributed by atoms with E-state index >= 15 is 4.39 Å². The first-order valence-electron chi connectivity index (χ1n) is 11.7. The maximum atomic E-state index is 15.4. The molecule has 3 nitrogen and oxygen atoms in total. The Bertz CT molecular complexity index is 737. The van der Waals surface area contributed by atoms with Gasteiger partial charge in [0.2, 0.25) is 5.67 Å². The molecule has 4 atom stereocenters. The predicted molar refractivity (Wildman–Crippen MR) is 129 cm³/mol. The Hall–Kier alpha value is -1.20. The molecule has 1 saturated carbocycles. The first-order valence-corrected chi connectivity index (χ1v) is 14.6. The summed E-state index contributed by atoms with van der Waals surface area (Å²) in [6.07, 6.45) is 2.53. The van der Waals surface area contributed by atoms with Crippen LogP contribution in [0.2, 0.25) is 18.1 Å². The standard InChI is InChI=1S/C26H43FO3Si/c1-19-15-16-21(25(5,6)20-13-11-10-12-14-20)22(17-19)30-23(28)26(7,27)18-29-31(8,9)24(2,3)4/h10-14,19,21-22H,15-18H2,1-9H3/t19-,21-,22-,26+/m1/s1. The van der Waals surface area contributed by atoms with Crippen LogP contribution in [-0.2, 0) is 19.4 Å².